The van der Waals surface area contributed by atoms with Crippen LogP contribution in [0.2, 0.25) is 0 Å². The zero-order valence-corrected chi connectivity index (χ0v) is 35.1. The number of nitrogens with zero attached hydrogens (tertiary/aromatic N) is 2. The van der Waals surface area contributed by atoms with Gasteiger partial charge in [0.15, 0.2) is 0 Å². The Morgan fingerprint density at radius 1 is 0.312 bits per heavy atom. The van der Waals surface area contributed by atoms with Crippen LogP contribution < -0.4 is 4.90 Å². The summed E-state index contributed by atoms with van der Waals surface area (Å²) in [7, 11) is 0. The molecule has 2 aliphatic carbocycles. The third-order valence-corrected chi connectivity index (χ3v) is 14.1. The molecule has 11 aromatic rings. The van der Waals surface area contributed by atoms with E-state index < -0.39 is 11.0 Å². The third kappa shape index (κ3) is 4.91. The number of hydrogen-bond acceptors (Lipinski definition) is 1. The average molecular weight is 815 g/mol. The number of para-hydroxylation sites is 2. The van der Waals surface area contributed by atoms with Gasteiger partial charge in [-0.2, -0.15) is 0 Å². The first kappa shape index (κ1) is 36.5. The fraction of sp³-hybridized carbons (Fsp3) is 0.0323. The van der Waals surface area contributed by atoms with Crippen LogP contribution in [0.4, 0.5) is 17.1 Å². The maximum absolute atomic E-state index is 2.66. The van der Waals surface area contributed by atoms with Crippen molar-refractivity contribution < 1.29 is 0 Å². The second kappa shape index (κ2) is 14.2. The third-order valence-electron chi connectivity index (χ3n) is 14.1. The number of anilines is 3. The van der Waals surface area contributed by atoms with Gasteiger partial charge in [0, 0.05) is 27.7 Å². The molecule has 0 saturated carbocycles. The monoisotopic (exact) mass is 814 g/mol. The molecular formula is C62H42N2. The Labute approximate surface area is 373 Å². The van der Waals surface area contributed by atoms with E-state index in [2.05, 4.69) is 264 Å². The number of aromatic nitrogens is 1. The summed E-state index contributed by atoms with van der Waals surface area (Å²) in [5.41, 5.74) is 18.4. The number of benzene rings is 10. The van der Waals surface area contributed by atoms with Crippen molar-refractivity contribution in [2.24, 2.45) is 0 Å². The van der Waals surface area contributed by atoms with Crippen molar-refractivity contribution in [1.29, 1.82) is 0 Å². The minimum Gasteiger partial charge on any atom is -0.322 e. The summed E-state index contributed by atoms with van der Waals surface area (Å²) in [4.78, 5) is 2.49. The van der Waals surface area contributed by atoms with E-state index in [1.165, 1.54) is 83.0 Å². The van der Waals surface area contributed by atoms with Crippen molar-refractivity contribution in [1.82, 2.24) is 4.57 Å². The summed E-state index contributed by atoms with van der Waals surface area (Å²) in [6.45, 7) is 0. The second-order valence-electron chi connectivity index (χ2n) is 17.1. The van der Waals surface area contributed by atoms with Crippen LogP contribution in [0, 0.1) is 0 Å². The molecule has 0 atom stereocenters. The first-order chi connectivity index (χ1) is 31.8. The highest BCUT2D eigenvalue weighted by Crippen LogP contribution is 2.60. The Morgan fingerprint density at radius 3 is 1.44 bits per heavy atom. The minimum atomic E-state index is -0.649. The van der Waals surface area contributed by atoms with Crippen molar-refractivity contribution in [2.75, 3.05) is 4.90 Å². The largest absolute Gasteiger partial charge is 0.322 e. The molecule has 0 spiro atoms. The lowest BCUT2D eigenvalue weighted by Gasteiger charge is -2.37. The van der Waals surface area contributed by atoms with Crippen LogP contribution in [-0.4, -0.2) is 4.57 Å². The van der Waals surface area contributed by atoms with Gasteiger partial charge >= 0.3 is 0 Å². The fourth-order valence-electron chi connectivity index (χ4n) is 11.7. The summed E-state index contributed by atoms with van der Waals surface area (Å²) in [6, 6.07) is 94.4. The lowest BCUT2D eigenvalue weighted by Crippen LogP contribution is -2.35. The molecule has 64 heavy (non-hydrogen) atoms. The molecule has 0 N–H and O–H groups in total. The van der Waals surface area contributed by atoms with Gasteiger partial charge in [-0.1, -0.05) is 218 Å². The Morgan fingerprint density at radius 2 is 0.797 bits per heavy atom. The van der Waals surface area contributed by atoms with E-state index in [1.54, 1.807) is 0 Å². The van der Waals surface area contributed by atoms with Crippen LogP contribution in [0.15, 0.2) is 255 Å². The van der Waals surface area contributed by atoms with Gasteiger partial charge in [0.05, 0.1) is 22.1 Å². The zero-order valence-electron chi connectivity index (χ0n) is 35.1. The number of rotatable bonds is 7. The van der Waals surface area contributed by atoms with Gasteiger partial charge in [0.2, 0.25) is 0 Å². The highest BCUT2D eigenvalue weighted by molar-refractivity contribution is 6.11. The molecule has 0 radical (unpaired) electrons. The fourth-order valence-corrected chi connectivity index (χ4v) is 11.7. The molecule has 2 heteroatoms. The standard InChI is InChI=1S/C62H42N2/c1-5-22-43(23-6-1)61(44-24-7-2-8-25-44)53-34-17-15-33-52(53)60-56(61)37-21-39-58(60)63(46-28-11-4-12-29-46)47-40-41-51-50-32-16-20-38-57(50)64(59(51)42-47)62(45-26-9-3-10-27-45)54-35-18-13-30-48(54)49-31-14-19-36-55(49)62/h1-42H. The molecule has 0 fully saturated rings. The summed E-state index contributed by atoms with van der Waals surface area (Å²) in [5, 5.41) is 2.46. The van der Waals surface area contributed by atoms with E-state index in [4.69, 9.17) is 0 Å². The topological polar surface area (TPSA) is 8.17 Å². The molecule has 0 unspecified atom stereocenters. The number of fused-ring (bicyclic) bond motifs is 9. The van der Waals surface area contributed by atoms with Crippen LogP contribution >= 0.6 is 0 Å². The molecule has 1 aromatic heterocycles. The van der Waals surface area contributed by atoms with Crippen molar-refractivity contribution in [3.05, 3.63) is 294 Å². The van der Waals surface area contributed by atoms with Crippen LogP contribution in [0.3, 0.4) is 0 Å². The zero-order chi connectivity index (χ0) is 42.2. The molecule has 1 heterocycles. The van der Waals surface area contributed by atoms with Gasteiger partial charge in [0.25, 0.3) is 0 Å². The Kier molecular flexibility index (Phi) is 8.07. The minimum absolute atomic E-state index is 0.519. The lowest BCUT2D eigenvalue weighted by molar-refractivity contribution is 0.564. The van der Waals surface area contributed by atoms with Crippen LogP contribution in [-0.2, 0) is 11.0 Å². The molecule has 0 bridgehead atoms. The molecular weight excluding hydrogens is 773 g/mol. The Balaban J connectivity index is 1.14. The predicted molar refractivity (Wildman–Crippen MR) is 265 cm³/mol. The highest BCUT2D eigenvalue weighted by Gasteiger charge is 2.49. The van der Waals surface area contributed by atoms with E-state index in [1.807, 2.05) is 0 Å². The lowest BCUT2D eigenvalue weighted by atomic mass is 9.68. The summed E-state index contributed by atoms with van der Waals surface area (Å²) in [5.74, 6) is 0. The van der Waals surface area contributed by atoms with Crippen LogP contribution in [0.1, 0.15) is 38.9 Å². The quantitative estimate of drug-likeness (QED) is 0.156. The van der Waals surface area contributed by atoms with Crippen LogP contribution in [0.25, 0.3) is 44.1 Å². The molecule has 300 valence electrons. The van der Waals surface area contributed by atoms with Crippen molar-refractivity contribution >= 4 is 38.9 Å². The second-order valence-corrected chi connectivity index (χ2v) is 17.1. The smallest absolute Gasteiger partial charge is 0.122 e. The van der Waals surface area contributed by atoms with Gasteiger partial charge < -0.3 is 9.47 Å². The molecule has 10 aromatic carbocycles. The van der Waals surface area contributed by atoms with Gasteiger partial charge in [-0.05, 0) is 92.0 Å². The van der Waals surface area contributed by atoms with Gasteiger partial charge in [-0.3, -0.25) is 0 Å². The van der Waals surface area contributed by atoms with Crippen molar-refractivity contribution in [3.63, 3.8) is 0 Å². The highest BCUT2D eigenvalue weighted by atomic mass is 15.2. The van der Waals surface area contributed by atoms with Gasteiger partial charge in [-0.15, -0.1) is 0 Å². The first-order valence-corrected chi connectivity index (χ1v) is 22.3. The Hall–Kier alpha value is -8.20. The maximum atomic E-state index is 2.66. The molecule has 0 amide bonds. The van der Waals surface area contributed by atoms with Crippen molar-refractivity contribution in [3.8, 4) is 22.3 Å². The average Bonchev–Trinajstić information content (AvgIpc) is 3.98. The first-order valence-electron chi connectivity index (χ1n) is 22.3. The summed E-state index contributed by atoms with van der Waals surface area (Å²) >= 11 is 0. The molecule has 2 aliphatic rings. The summed E-state index contributed by atoms with van der Waals surface area (Å²) < 4.78 is 2.66. The molecule has 13 rings (SSSR count). The predicted octanol–water partition coefficient (Wildman–Crippen LogP) is 15.4. The SMILES string of the molecule is c1ccc(N(c2ccc3c4ccccc4n(C4(c5ccccc5)c5ccccc5-c5ccccc54)c3c2)c2cccc3c2-c2ccccc2C3(c2ccccc2)c2ccccc2)cc1. The van der Waals surface area contributed by atoms with Crippen molar-refractivity contribution in [2.45, 2.75) is 11.0 Å². The van der Waals surface area contributed by atoms with E-state index in [0.29, 0.717) is 0 Å². The molecule has 2 nitrogen and oxygen atoms in total. The van der Waals surface area contributed by atoms with Crippen LogP contribution in [0.5, 0.6) is 0 Å². The van der Waals surface area contributed by atoms with Gasteiger partial charge in [-0.25, -0.2) is 0 Å². The van der Waals surface area contributed by atoms with E-state index in [9.17, 15) is 0 Å². The molecule has 0 saturated heterocycles. The van der Waals surface area contributed by atoms with E-state index in [-0.39, 0.29) is 0 Å². The summed E-state index contributed by atoms with van der Waals surface area (Å²) in [6.07, 6.45) is 0. The normalized spacial score (nSPS) is 13.9. The van der Waals surface area contributed by atoms with E-state index >= 15 is 0 Å². The Bertz CT molecular complexity index is 3470. The van der Waals surface area contributed by atoms with Gasteiger partial charge in [0.1, 0.15) is 5.54 Å². The maximum Gasteiger partial charge on any atom is 0.122 e. The van der Waals surface area contributed by atoms with E-state index in [0.717, 1.165) is 17.1 Å². The molecule has 0 aliphatic heterocycles. The number of hydrogen-bond donors (Lipinski definition) is 0.